The molecule has 9 heteroatoms. The van der Waals surface area contributed by atoms with Crippen molar-refractivity contribution in [3.63, 3.8) is 0 Å². The summed E-state index contributed by atoms with van der Waals surface area (Å²) < 4.78 is 28.5. The number of sulfonamides is 1. The molecule has 3 rings (SSSR count). The Labute approximate surface area is 150 Å². The van der Waals surface area contributed by atoms with Crippen molar-refractivity contribution in [1.29, 1.82) is 0 Å². The number of aromatic carboxylic acids is 1. The second kappa shape index (κ2) is 6.22. The Morgan fingerprint density at radius 1 is 1.48 bits per heavy atom. The maximum absolute atomic E-state index is 12.5. The Balaban J connectivity index is 1.78. The molecule has 0 atom stereocenters. The van der Waals surface area contributed by atoms with E-state index in [1.807, 2.05) is 0 Å². The smallest absolute Gasteiger partial charge is 0.355 e. The molecule has 2 aromatic heterocycles. The summed E-state index contributed by atoms with van der Waals surface area (Å²) in [7, 11) is -2.54. The van der Waals surface area contributed by atoms with Crippen LogP contribution < -0.4 is 4.72 Å². The summed E-state index contributed by atoms with van der Waals surface area (Å²) in [5.74, 6) is -1.32. The summed E-state index contributed by atoms with van der Waals surface area (Å²) in [6.07, 6.45) is 4.21. The Hall–Kier alpha value is -1.71. The van der Waals surface area contributed by atoms with Crippen LogP contribution in [-0.2, 0) is 36.5 Å². The molecule has 25 heavy (non-hydrogen) atoms. The number of hydrogen-bond donors (Lipinski definition) is 2. The van der Waals surface area contributed by atoms with E-state index >= 15 is 0 Å². The summed E-state index contributed by atoms with van der Waals surface area (Å²) in [5, 5.41) is 12.9. The normalized spacial score (nSPS) is 16.6. The number of aromatic nitrogens is 2. The average molecular weight is 383 g/mol. The van der Waals surface area contributed by atoms with Gasteiger partial charge in [-0.25, -0.2) is 17.9 Å². The molecule has 1 aliphatic carbocycles. The second-order valence-corrected chi connectivity index (χ2v) is 10.1. The predicted octanol–water partition coefficient (Wildman–Crippen LogP) is 2.17. The average Bonchev–Trinajstić information content (AvgIpc) is 3.07. The van der Waals surface area contributed by atoms with Crippen LogP contribution in [0.2, 0.25) is 0 Å². The van der Waals surface area contributed by atoms with Crippen molar-refractivity contribution in [3.8, 4) is 0 Å². The first-order valence-corrected chi connectivity index (χ1v) is 10.2. The SMILES string of the molecule is Cn1ncc(S(=O)(=O)NCc2cc3c(s2)CCC(C)(C)C3)c1C(=O)O. The molecule has 0 saturated carbocycles. The van der Waals surface area contributed by atoms with Crippen molar-refractivity contribution < 1.29 is 18.3 Å². The molecule has 136 valence electrons. The molecule has 0 spiro atoms. The van der Waals surface area contributed by atoms with E-state index < -0.39 is 16.0 Å². The van der Waals surface area contributed by atoms with Crippen LogP contribution in [0.5, 0.6) is 0 Å². The van der Waals surface area contributed by atoms with Gasteiger partial charge in [0.25, 0.3) is 0 Å². The van der Waals surface area contributed by atoms with Gasteiger partial charge in [0.1, 0.15) is 4.90 Å². The monoisotopic (exact) mass is 383 g/mol. The lowest BCUT2D eigenvalue weighted by atomic mass is 9.77. The second-order valence-electron chi connectivity index (χ2n) is 7.11. The van der Waals surface area contributed by atoms with Crippen LogP contribution in [-0.4, -0.2) is 29.3 Å². The number of carboxylic acids is 1. The molecule has 0 aromatic carbocycles. The van der Waals surface area contributed by atoms with Gasteiger partial charge in [0.05, 0.1) is 6.20 Å². The zero-order chi connectivity index (χ0) is 18.4. The van der Waals surface area contributed by atoms with Crippen molar-refractivity contribution in [2.75, 3.05) is 0 Å². The van der Waals surface area contributed by atoms with Crippen LogP contribution in [0, 0.1) is 5.41 Å². The first kappa shape index (κ1) is 18.1. The molecule has 7 nitrogen and oxygen atoms in total. The molecule has 2 aromatic rings. The fourth-order valence-electron chi connectivity index (χ4n) is 3.13. The van der Waals surface area contributed by atoms with Crippen LogP contribution in [0.4, 0.5) is 0 Å². The standard InChI is InChI=1S/C16H21N3O4S2/c1-16(2)5-4-12-10(7-16)6-11(24-12)8-18-25(22,23)13-9-17-19(3)14(13)15(20)21/h6,9,18H,4-5,7-8H2,1-3H3,(H,20,21). The number of hydrogen-bond acceptors (Lipinski definition) is 5. The highest BCUT2D eigenvalue weighted by Crippen LogP contribution is 2.38. The Morgan fingerprint density at radius 2 is 2.20 bits per heavy atom. The highest BCUT2D eigenvalue weighted by Gasteiger charge is 2.28. The molecule has 0 radical (unpaired) electrons. The van der Waals surface area contributed by atoms with Gasteiger partial charge in [0, 0.05) is 23.3 Å². The fourth-order valence-corrected chi connectivity index (χ4v) is 5.51. The number of nitrogens with zero attached hydrogens (tertiary/aromatic N) is 2. The number of fused-ring (bicyclic) bond motifs is 1. The van der Waals surface area contributed by atoms with E-state index in [-0.39, 0.29) is 22.5 Å². The van der Waals surface area contributed by atoms with E-state index in [4.69, 9.17) is 0 Å². The molecular weight excluding hydrogens is 362 g/mol. The van der Waals surface area contributed by atoms with Crippen LogP contribution in [0.3, 0.4) is 0 Å². The van der Waals surface area contributed by atoms with Crippen molar-refractivity contribution >= 4 is 27.3 Å². The van der Waals surface area contributed by atoms with Gasteiger partial charge < -0.3 is 5.11 Å². The minimum atomic E-state index is -3.95. The molecule has 1 aliphatic rings. The highest BCUT2D eigenvalue weighted by molar-refractivity contribution is 7.89. The zero-order valence-corrected chi connectivity index (χ0v) is 16.0. The Bertz CT molecular complexity index is 925. The van der Waals surface area contributed by atoms with Crippen molar-refractivity contribution in [1.82, 2.24) is 14.5 Å². The zero-order valence-electron chi connectivity index (χ0n) is 14.4. The minimum absolute atomic E-state index is 0.147. The van der Waals surface area contributed by atoms with E-state index in [0.717, 1.165) is 35.0 Å². The van der Waals surface area contributed by atoms with Gasteiger partial charge in [0.2, 0.25) is 10.0 Å². The maximum Gasteiger partial charge on any atom is 0.355 e. The molecule has 2 N–H and O–H groups in total. The van der Waals surface area contributed by atoms with Gasteiger partial charge in [-0.3, -0.25) is 4.68 Å². The van der Waals surface area contributed by atoms with Crippen LogP contribution in [0.15, 0.2) is 17.2 Å². The molecule has 0 bridgehead atoms. The first-order valence-electron chi connectivity index (χ1n) is 7.94. The lowest BCUT2D eigenvalue weighted by molar-refractivity contribution is 0.0680. The van der Waals surface area contributed by atoms with E-state index in [1.54, 1.807) is 11.3 Å². The summed E-state index contributed by atoms with van der Waals surface area (Å²) in [6.45, 7) is 4.63. The number of nitrogens with one attached hydrogen (secondary N) is 1. The predicted molar refractivity (Wildman–Crippen MR) is 94.3 cm³/mol. The van der Waals surface area contributed by atoms with Gasteiger partial charge in [0.15, 0.2) is 5.69 Å². The Morgan fingerprint density at radius 3 is 2.88 bits per heavy atom. The molecule has 0 amide bonds. The lowest BCUT2D eigenvalue weighted by Gasteiger charge is -2.29. The quantitative estimate of drug-likeness (QED) is 0.824. The third-order valence-corrected chi connectivity index (χ3v) is 7.12. The Kier molecular flexibility index (Phi) is 4.50. The van der Waals surface area contributed by atoms with Gasteiger partial charge in [-0.1, -0.05) is 13.8 Å². The molecule has 0 saturated heterocycles. The highest BCUT2D eigenvalue weighted by atomic mass is 32.2. The van der Waals surface area contributed by atoms with E-state index in [0.29, 0.717) is 0 Å². The van der Waals surface area contributed by atoms with Gasteiger partial charge in [-0.2, -0.15) is 5.10 Å². The summed E-state index contributed by atoms with van der Waals surface area (Å²) in [6, 6.07) is 2.06. The van der Waals surface area contributed by atoms with Crippen LogP contribution >= 0.6 is 11.3 Å². The van der Waals surface area contributed by atoms with Crippen LogP contribution in [0.1, 0.15) is 46.1 Å². The third-order valence-electron chi connectivity index (χ3n) is 4.48. The first-order chi connectivity index (χ1) is 11.6. The lowest BCUT2D eigenvalue weighted by Crippen LogP contribution is -2.24. The van der Waals surface area contributed by atoms with E-state index in [1.165, 1.54) is 17.5 Å². The summed E-state index contributed by atoms with van der Waals surface area (Å²) >= 11 is 1.62. The molecule has 2 heterocycles. The number of aryl methyl sites for hydroxylation is 2. The van der Waals surface area contributed by atoms with Crippen LogP contribution in [0.25, 0.3) is 0 Å². The van der Waals surface area contributed by atoms with E-state index in [2.05, 4.69) is 29.7 Å². The number of carbonyl (C=O) groups is 1. The molecule has 0 aliphatic heterocycles. The van der Waals surface area contributed by atoms with Crippen molar-refractivity contribution in [2.45, 2.75) is 44.6 Å². The van der Waals surface area contributed by atoms with Crippen molar-refractivity contribution in [3.05, 3.63) is 33.3 Å². The number of rotatable bonds is 5. The maximum atomic E-state index is 12.5. The minimum Gasteiger partial charge on any atom is -0.476 e. The van der Waals surface area contributed by atoms with E-state index in [9.17, 15) is 18.3 Å². The molecule has 0 unspecified atom stereocenters. The van der Waals surface area contributed by atoms with Gasteiger partial charge in [-0.15, -0.1) is 11.3 Å². The summed E-state index contributed by atoms with van der Waals surface area (Å²) in [4.78, 5) is 13.2. The largest absolute Gasteiger partial charge is 0.476 e. The number of carboxylic acid groups (broad SMARTS) is 1. The number of thiophene rings is 1. The van der Waals surface area contributed by atoms with Gasteiger partial charge >= 0.3 is 5.97 Å². The topological polar surface area (TPSA) is 101 Å². The molecular formula is C16H21N3O4S2. The molecule has 0 fully saturated rings. The third kappa shape index (κ3) is 3.63. The fraction of sp³-hybridized carbons (Fsp3) is 0.500. The van der Waals surface area contributed by atoms with Crippen molar-refractivity contribution in [2.24, 2.45) is 12.5 Å². The summed E-state index contributed by atoms with van der Waals surface area (Å²) in [5.41, 5.74) is 1.22. The van der Waals surface area contributed by atoms with Gasteiger partial charge in [-0.05, 0) is 36.3 Å².